The Labute approximate surface area is 136 Å². The monoisotopic (exact) mass is 334 g/mol. The van der Waals surface area contributed by atoms with Gasteiger partial charge < -0.3 is 0 Å². The minimum atomic E-state index is -4.58. The first kappa shape index (κ1) is 16.2. The largest absolute Gasteiger partial charge is 0.435 e. The first-order valence-electron chi connectivity index (χ1n) is 7.26. The van der Waals surface area contributed by atoms with Crippen LogP contribution in [0.3, 0.4) is 0 Å². The number of benzene rings is 2. The Morgan fingerprint density at radius 2 is 1.58 bits per heavy atom. The van der Waals surface area contributed by atoms with E-state index >= 15 is 0 Å². The molecule has 24 heavy (non-hydrogen) atoms. The van der Waals surface area contributed by atoms with Crippen molar-refractivity contribution in [3.8, 4) is 16.9 Å². The second-order valence-corrected chi connectivity index (χ2v) is 5.62. The highest BCUT2D eigenvalue weighted by Crippen LogP contribution is 2.33. The number of hydrogen-bond donors (Lipinski definition) is 0. The van der Waals surface area contributed by atoms with Gasteiger partial charge in [-0.1, -0.05) is 35.9 Å². The lowest BCUT2D eigenvalue weighted by Crippen LogP contribution is -2.07. The zero-order chi connectivity index (χ0) is 17.5. The number of aromatic nitrogens is 2. The van der Waals surface area contributed by atoms with Gasteiger partial charge in [0.15, 0.2) is 5.69 Å². The number of rotatable bonds is 2. The van der Waals surface area contributed by atoms with Gasteiger partial charge in [-0.05, 0) is 37.6 Å². The van der Waals surface area contributed by atoms with E-state index < -0.39 is 17.7 Å². The van der Waals surface area contributed by atoms with Crippen molar-refractivity contribution in [3.63, 3.8) is 0 Å². The molecule has 0 bridgehead atoms. The second-order valence-electron chi connectivity index (χ2n) is 5.62. The highest BCUT2D eigenvalue weighted by Gasteiger charge is 2.35. The fourth-order valence-corrected chi connectivity index (χ4v) is 2.36. The molecule has 0 atom stereocenters. The summed E-state index contributed by atoms with van der Waals surface area (Å²) < 4.78 is 54.2. The molecule has 2 aromatic carbocycles. The summed E-state index contributed by atoms with van der Waals surface area (Å²) in [5.41, 5.74) is 1.46. The summed E-state index contributed by atoms with van der Waals surface area (Å²) in [5, 5.41) is 3.65. The summed E-state index contributed by atoms with van der Waals surface area (Å²) in [6.07, 6.45) is -4.58. The molecule has 3 aromatic rings. The Morgan fingerprint density at radius 3 is 2.17 bits per heavy atom. The third kappa shape index (κ3) is 3.04. The highest BCUT2D eigenvalue weighted by atomic mass is 19.4. The molecular formula is C18H14F4N2. The fourth-order valence-electron chi connectivity index (χ4n) is 2.36. The van der Waals surface area contributed by atoms with E-state index in [1.54, 1.807) is 37.3 Å². The maximum Gasteiger partial charge on any atom is 0.435 e. The predicted octanol–water partition coefficient (Wildman–Crippen LogP) is 5.31. The first-order chi connectivity index (χ1) is 11.3. The summed E-state index contributed by atoms with van der Waals surface area (Å²) in [5.74, 6) is -0.494. The Kier molecular flexibility index (Phi) is 3.91. The van der Waals surface area contributed by atoms with E-state index in [9.17, 15) is 17.6 Å². The molecule has 0 N–H and O–H groups in total. The minimum absolute atomic E-state index is 0.240. The van der Waals surface area contributed by atoms with Crippen LogP contribution in [0.5, 0.6) is 0 Å². The smallest absolute Gasteiger partial charge is 0.232 e. The van der Waals surface area contributed by atoms with Gasteiger partial charge in [-0.15, -0.1) is 0 Å². The van der Waals surface area contributed by atoms with Gasteiger partial charge >= 0.3 is 6.18 Å². The van der Waals surface area contributed by atoms with E-state index in [0.29, 0.717) is 11.1 Å². The van der Waals surface area contributed by atoms with Crippen molar-refractivity contribution in [2.45, 2.75) is 20.0 Å². The fraction of sp³-hybridized carbons (Fsp3) is 0.167. The Morgan fingerprint density at radius 1 is 0.917 bits per heavy atom. The summed E-state index contributed by atoms with van der Waals surface area (Å²) in [6.45, 7) is 3.47. The Bertz CT molecular complexity index is 877. The van der Waals surface area contributed by atoms with Crippen molar-refractivity contribution in [1.82, 2.24) is 9.78 Å². The van der Waals surface area contributed by atoms with Crippen molar-refractivity contribution < 1.29 is 17.6 Å². The van der Waals surface area contributed by atoms with Gasteiger partial charge in [-0.3, -0.25) is 0 Å². The van der Waals surface area contributed by atoms with Crippen LogP contribution in [0.2, 0.25) is 0 Å². The van der Waals surface area contributed by atoms with E-state index in [2.05, 4.69) is 5.10 Å². The zero-order valence-corrected chi connectivity index (χ0v) is 13.0. The van der Waals surface area contributed by atoms with Crippen LogP contribution in [0.1, 0.15) is 16.8 Å². The molecule has 1 aromatic heterocycles. The lowest BCUT2D eigenvalue weighted by molar-refractivity contribution is -0.141. The van der Waals surface area contributed by atoms with Crippen molar-refractivity contribution in [2.24, 2.45) is 0 Å². The summed E-state index contributed by atoms with van der Waals surface area (Å²) in [4.78, 5) is 0. The summed E-state index contributed by atoms with van der Waals surface area (Å²) in [7, 11) is 0. The highest BCUT2D eigenvalue weighted by molar-refractivity contribution is 5.63. The number of nitrogens with zero attached hydrogens (tertiary/aromatic N) is 2. The van der Waals surface area contributed by atoms with Crippen LogP contribution in [-0.4, -0.2) is 9.78 Å². The van der Waals surface area contributed by atoms with Gasteiger partial charge in [-0.2, -0.15) is 18.3 Å². The van der Waals surface area contributed by atoms with E-state index in [1.165, 1.54) is 12.1 Å². The molecule has 3 rings (SSSR count). The Hall–Kier alpha value is -2.63. The van der Waals surface area contributed by atoms with Crippen LogP contribution >= 0.6 is 0 Å². The van der Waals surface area contributed by atoms with Gasteiger partial charge in [0.2, 0.25) is 0 Å². The lowest BCUT2D eigenvalue weighted by atomic mass is 10.1. The topological polar surface area (TPSA) is 17.8 Å². The number of halogens is 4. The second kappa shape index (κ2) is 5.78. The molecule has 0 radical (unpaired) electrons. The summed E-state index contributed by atoms with van der Waals surface area (Å²) in [6, 6.07) is 12.2. The van der Waals surface area contributed by atoms with Gasteiger partial charge in [-0.25, -0.2) is 9.07 Å². The molecule has 0 saturated heterocycles. The van der Waals surface area contributed by atoms with Gasteiger partial charge in [0.05, 0.1) is 11.4 Å². The van der Waals surface area contributed by atoms with Crippen molar-refractivity contribution >= 4 is 0 Å². The molecule has 124 valence electrons. The normalized spacial score (nSPS) is 11.8. The average molecular weight is 334 g/mol. The molecule has 0 fully saturated rings. The molecular weight excluding hydrogens is 320 g/mol. The van der Waals surface area contributed by atoms with Crippen LogP contribution in [0.4, 0.5) is 17.6 Å². The maximum atomic E-state index is 13.8. The van der Waals surface area contributed by atoms with E-state index in [0.717, 1.165) is 16.3 Å². The Balaban J connectivity index is 2.21. The lowest BCUT2D eigenvalue weighted by Gasteiger charge is -2.09. The molecule has 0 unspecified atom stereocenters. The molecule has 1 heterocycles. The molecule has 0 aliphatic rings. The molecule has 0 amide bonds. The molecule has 0 spiro atoms. The van der Waals surface area contributed by atoms with Gasteiger partial charge in [0, 0.05) is 5.56 Å². The van der Waals surface area contributed by atoms with Crippen molar-refractivity contribution in [1.29, 1.82) is 0 Å². The SMILES string of the molecule is Cc1ccc(-c2cc(C(F)(F)F)nn2-c2ccc(C)c(F)c2)cc1. The van der Waals surface area contributed by atoms with Crippen molar-refractivity contribution in [2.75, 3.05) is 0 Å². The standard InChI is InChI=1S/C18H14F4N2/c1-11-3-6-13(7-4-11)16-10-17(18(20,21)22)23-24(16)14-8-5-12(2)15(19)9-14/h3-10H,1-2H3. The third-order valence-electron chi connectivity index (χ3n) is 3.75. The first-order valence-corrected chi connectivity index (χ1v) is 7.26. The van der Waals surface area contributed by atoms with E-state index in [1.807, 2.05) is 6.92 Å². The quantitative estimate of drug-likeness (QED) is 0.580. The van der Waals surface area contributed by atoms with Crippen LogP contribution < -0.4 is 0 Å². The number of alkyl halides is 3. The molecule has 0 aliphatic heterocycles. The zero-order valence-electron chi connectivity index (χ0n) is 13.0. The van der Waals surface area contributed by atoms with E-state index in [4.69, 9.17) is 0 Å². The van der Waals surface area contributed by atoms with Crippen LogP contribution in [0, 0.1) is 19.7 Å². The number of aryl methyl sites for hydroxylation is 2. The van der Waals surface area contributed by atoms with Gasteiger partial charge in [0.25, 0.3) is 0 Å². The molecule has 0 aliphatic carbocycles. The summed E-state index contributed by atoms with van der Waals surface area (Å²) >= 11 is 0. The molecule has 6 heteroatoms. The average Bonchev–Trinajstić information content (AvgIpc) is 2.96. The maximum absolute atomic E-state index is 13.8. The van der Waals surface area contributed by atoms with Crippen LogP contribution in [0.25, 0.3) is 16.9 Å². The van der Waals surface area contributed by atoms with Crippen LogP contribution in [-0.2, 0) is 6.18 Å². The number of hydrogen-bond acceptors (Lipinski definition) is 1. The predicted molar refractivity (Wildman–Crippen MR) is 83.4 cm³/mol. The van der Waals surface area contributed by atoms with Crippen LogP contribution in [0.15, 0.2) is 48.5 Å². The minimum Gasteiger partial charge on any atom is -0.232 e. The third-order valence-corrected chi connectivity index (χ3v) is 3.75. The molecule has 0 saturated carbocycles. The van der Waals surface area contributed by atoms with E-state index in [-0.39, 0.29) is 11.4 Å². The van der Waals surface area contributed by atoms with Crippen molar-refractivity contribution in [3.05, 3.63) is 71.2 Å². The van der Waals surface area contributed by atoms with Gasteiger partial charge in [0.1, 0.15) is 5.82 Å². The molecule has 2 nitrogen and oxygen atoms in total.